The summed E-state index contributed by atoms with van der Waals surface area (Å²) in [6.45, 7) is 4.97. The zero-order valence-corrected chi connectivity index (χ0v) is 23.2. The van der Waals surface area contributed by atoms with Crippen molar-refractivity contribution in [2.24, 2.45) is 0 Å². The van der Waals surface area contributed by atoms with Gasteiger partial charge < -0.3 is 14.7 Å². The highest BCUT2D eigenvalue weighted by molar-refractivity contribution is 7.89. The van der Waals surface area contributed by atoms with Gasteiger partial charge >= 0.3 is 8.25 Å². The molecule has 0 saturated carbocycles. The molecular weight excluding hydrogens is 489 g/mol. The van der Waals surface area contributed by atoms with E-state index in [1.54, 1.807) is 0 Å². The Balaban J connectivity index is 0.000000712. The van der Waals surface area contributed by atoms with Gasteiger partial charge in [-0.3, -0.25) is 0 Å². The molecule has 2 atom stereocenters. The Kier molecular flexibility index (Phi) is 22.8. The average molecular weight is 536 g/mol. The van der Waals surface area contributed by atoms with Crippen LogP contribution in [0.5, 0.6) is 0 Å². The maximum Gasteiger partial charge on any atom is 0.488 e. The molecule has 0 heterocycles. The van der Waals surface area contributed by atoms with Gasteiger partial charge in [0.2, 0.25) is 10.0 Å². The molecule has 0 bridgehead atoms. The minimum atomic E-state index is -3.23. The molecule has 1 rings (SSSR count). The number of rotatable bonds is 21. The Morgan fingerprint density at radius 3 is 2.11 bits per heavy atom. The van der Waals surface area contributed by atoms with Gasteiger partial charge in [-0.1, -0.05) is 102 Å². The maximum atomic E-state index is 11.9. The fraction of sp³-hybridized carbons (Fsp3) is 0.760. The third-order valence-corrected chi connectivity index (χ3v) is 7.19. The summed E-state index contributed by atoms with van der Waals surface area (Å²) in [5.41, 5.74) is 1.05. The van der Waals surface area contributed by atoms with E-state index in [-0.39, 0.29) is 31.6 Å². The SMILES string of the molecule is CCCCCCCCCCS(=O)(=O)N[C@@H](CO)CCCC.O=[P+]([O-])OCCOCc1ccccc1. The molecule has 8 nitrogen and oxygen atoms in total. The first kappa shape index (κ1) is 34.1. The van der Waals surface area contributed by atoms with E-state index in [9.17, 15) is 23.0 Å². The highest BCUT2D eigenvalue weighted by Crippen LogP contribution is 2.10. The van der Waals surface area contributed by atoms with Crippen LogP contribution in [-0.4, -0.2) is 45.1 Å². The van der Waals surface area contributed by atoms with Crippen molar-refractivity contribution in [1.82, 2.24) is 4.72 Å². The minimum absolute atomic E-state index is 0.0749. The molecule has 204 valence electrons. The van der Waals surface area contributed by atoms with E-state index in [1.807, 2.05) is 30.3 Å². The molecule has 1 aromatic carbocycles. The largest absolute Gasteiger partial charge is 0.566 e. The normalized spacial score (nSPS) is 12.6. The van der Waals surface area contributed by atoms with Crippen LogP contribution in [0.3, 0.4) is 0 Å². The molecule has 0 fully saturated rings. The Labute approximate surface area is 213 Å². The van der Waals surface area contributed by atoms with E-state index < -0.39 is 18.3 Å². The van der Waals surface area contributed by atoms with E-state index in [0.717, 1.165) is 37.7 Å². The molecule has 2 N–H and O–H groups in total. The van der Waals surface area contributed by atoms with E-state index in [4.69, 9.17) is 4.74 Å². The number of benzene rings is 1. The van der Waals surface area contributed by atoms with Crippen molar-refractivity contribution in [2.45, 2.75) is 97.1 Å². The summed E-state index contributed by atoms with van der Waals surface area (Å²) in [6.07, 6.45) is 11.8. The molecule has 1 unspecified atom stereocenters. The van der Waals surface area contributed by atoms with Gasteiger partial charge in [0.15, 0.2) is 0 Å². The van der Waals surface area contributed by atoms with Crippen LogP contribution in [0, 0.1) is 0 Å². The van der Waals surface area contributed by atoms with Crippen molar-refractivity contribution in [3.63, 3.8) is 0 Å². The van der Waals surface area contributed by atoms with Crippen LogP contribution in [0.15, 0.2) is 30.3 Å². The predicted molar refractivity (Wildman–Crippen MR) is 140 cm³/mol. The van der Waals surface area contributed by atoms with E-state index in [1.165, 1.54) is 32.1 Å². The summed E-state index contributed by atoms with van der Waals surface area (Å²) in [6, 6.07) is 9.33. The molecule has 0 aliphatic rings. The number of hydrogen-bond acceptors (Lipinski definition) is 7. The average Bonchev–Trinajstić information content (AvgIpc) is 2.84. The van der Waals surface area contributed by atoms with Gasteiger partial charge in [-0.25, -0.2) is 13.1 Å². The van der Waals surface area contributed by atoms with Gasteiger partial charge in [-0.2, -0.15) is 0 Å². The summed E-state index contributed by atoms with van der Waals surface area (Å²) in [7, 11) is -5.99. The van der Waals surface area contributed by atoms with Crippen LogP contribution in [0.4, 0.5) is 0 Å². The van der Waals surface area contributed by atoms with Crippen LogP contribution >= 0.6 is 8.25 Å². The molecule has 0 aliphatic carbocycles. The first-order chi connectivity index (χ1) is 16.8. The van der Waals surface area contributed by atoms with Crippen molar-refractivity contribution in [2.75, 3.05) is 25.6 Å². The lowest BCUT2D eigenvalue weighted by Crippen LogP contribution is -2.38. The first-order valence-corrected chi connectivity index (χ1v) is 15.6. The highest BCUT2D eigenvalue weighted by atomic mass is 32.2. The van der Waals surface area contributed by atoms with Crippen molar-refractivity contribution in [1.29, 1.82) is 0 Å². The Morgan fingerprint density at radius 1 is 0.943 bits per heavy atom. The first-order valence-electron chi connectivity index (χ1n) is 12.8. The fourth-order valence-corrected chi connectivity index (χ4v) is 4.94. The van der Waals surface area contributed by atoms with Crippen molar-refractivity contribution in [3.8, 4) is 0 Å². The van der Waals surface area contributed by atoms with E-state index >= 15 is 0 Å². The van der Waals surface area contributed by atoms with Crippen molar-refractivity contribution >= 4 is 18.3 Å². The smallest absolute Gasteiger partial charge is 0.488 e. The molecule has 0 spiro atoms. The Hall–Kier alpha value is -0.930. The summed E-state index contributed by atoms with van der Waals surface area (Å²) >= 11 is 0. The lowest BCUT2D eigenvalue weighted by Gasteiger charge is -2.16. The third-order valence-electron chi connectivity index (χ3n) is 5.28. The zero-order chi connectivity index (χ0) is 26.2. The van der Waals surface area contributed by atoms with E-state index in [2.05, 4.69) is 23.1 Å². The van der Waals surface area contributed by atoms with Crippen LogP contribution < -0.4 is 9.62 Å². The highest BCUT2D eigenvalue weighted by Gasteiger charge is 2.16. The minimum Gasteiger partial charge on any atom is -0.566 e. The van der Waals surface area contributed by atoms with E-state index in [0.29, 0.717) is 13.0 Å². The lowest BCUT2D eigenvalue weighted by molar-refractivity contribution is -0.186. The van der Waals surface area contributed by atoms with Gasteiger partial charge in [-0.15, -0.1) is 4.52 Å². The number of sulfonamides is 1. The second-order valence-corrected chi connectivity index (χ2v) is 11.1. The van der Waals surface area contributed by atoms with Gasteiger partial charge in [0.05, 0.1) is 25.6 Å². The second-order valence-electron chi connectivity index (χ2n) is 8.53. The topological polar surface area (TPSA) is 125 Å². The van der Waals surface area contributed by atoms with Crippen molar-refractivity contribution < 1.29 is 32.2 Å². The number of aliphatic hydroxyl groups is 1. The molecule has 10 heteroatoms. The summed E-state index contributed by atoms with van der Waals surface area (Å²) in [5.74, 6) is 0.185. The fourth-order valence-electron chi connectivity index (χ4n) is 3.31. The van der Waals surface area contributed by atoms with Gasteiger partial charge in [-0.05, 0) is 23.0 Å². The van der Waals surface area contributed by atoms with Crippen LogP contribution in [0.2, 0.25) is 0 Å². The molecule has 35 heavy (non-hydrogen) atoms. The van der Waals surface area contributed by atoms with Crippen LogP contribution in [-0.2, 0) is 30.5 Å². The Morgan fingerprint density at radius 2 is 1.54 bits per heavy atom. The zero-order valence-electron chi connectivity index (χ0n) is 21.5. The second kappa shape index (κ2) is 23.5. The lowest BCUT2D eigenvalue weighted by atomic mass is 10.1. The number of aliphatic hydroxyl groups excluding tert-OH is 1. The summed E-state index contributed by atoms with van der Waals surface area (Å²) < 4.78 is 45.9. The molecule has 0 amide bonds. The van der Waals surface area contributed by atoms with Gasteiger partial charge in [0, 0.05) is 6.04 Å². The number of hydrogen-bond donors (Lipinski definition) is 2. The van der Waals surface area contributed by atoms with Crippen LogP contribution in [0.25, 0.3) is 0 Å². The standard InChI is InChI=1S/C16H35NO3S.C9H11O4P/c1-3-5-7-8-9-10-11-12-14-21(19,20)17-16(15-18)13-6-4-2;10-14(11)13-7-6-12-8-9-4-2-1-3-5-9/h16-18H,3-15H2,1-2H3;1-5H,6-8H2/t16-;/m1./s1. The monoisotopic (exact) mass is 535 g/mol. The number of unbranched alkanes of at least 4 members (excludes halogenated alkanes) is 8. The maximum absolute atomic E-state index is 11.9. The van der Waals surface area contributed by atoms with Crippen molar-refractivity contribution in [3.05, 3.63) is 35.9 Å². The van der Waals surface area contributed by atoms with Gasteiger partial charge in [0.25, 0.3) is 0 Å². The molecule has 0 aromatic heterocycles. The quantitative estimate of drug-likeness (QED) is 0.171. The summed E-state index contributed by atoms with van der Waals surface area (Å²) in [5, 5.41) is 9.20. The van der Waals surface area contributed by atoms with Crippen LogP contribution in [0.1, 0.15) is 90.0 Å². The molecule has 0 aliphatic heterocycles. The number of ether oxygens (including phenoxy) is 1. The molecule has 0 radical (unpaired) electrons. The third kappa shape index (κ3) is 23.2. The predicted octanol–water partition coefficient (Wildman–Crippen LogP) is 4.84. The molecular formula is C25H46NO7PS. The molecule has 1 aromatic rings. The van der Waals surface area contributed by atoms with Gasteiger partial charge in [0.1, 0.15) is 6.61 Å². The molecule has 0 saturated heterocycles. The Bertz CT molecular complexity index is 720. The number of nitrogens with one attached hydrogen (secondary N) is 1. The summed E-state index contributed by atoms with van der Waals surface area (Å²) in [4.78, 5) is 9.99.